The first-order valence-electron chi connectivity index (χ1n) is 12.1. The van der Waals surface area contributed by atoms with Crippen LogP contribution in [-0.4, -0.2) is 34.3 Å². The molecule has 1 N–H and O–H groups in total. The molecule has 4 rings (SSSR count). The van der Waals surface area contributed by atoms with E-state index in [-0.39, 0.29) is 17.4 Å². The van der Waals surface area contributed by atoms with Crippen LogP contribution in [-0.2, 0) is 9.59 Å². The normalized spacial score (nSPS) is 20.9. The summed E-state index contributed by atoms with van der Waals surface area (Å²) in [7, 11) is 0. The number of ether oxygens (including phenoxy) is 1. The van der Waals surface area contributed by atoms with Gasteiger partial charge >= 0.3 is 0 Å². The van der Waals surface area contributed by atoms with E-state index in [0.29, 0.717) is 29.4 Å². The summed E-state index contributed by atoms with van der Waals surface area (Å²) in [6.07, 6.45) is 4.70. The predicted octanol–water partition coefficient (Wildman–Crippen LogP) is 5.92. The maximum absolute atomic E-state index is 13.7. The van der Waals surface area contributed by atoms with E-state index in [1.807, 2.05) is 6.92 Å². The summed E-state index contributed by atoms with van der Waals surface area (Å²) in [5.74, 6) is -0.830. The molecule has 2 fully saturated rings. The van der Waals surface area contributed by atoms with Crippen molar-refractivity contribution < 1.29 is 23.8 Å². The second kappa shape index (κ2) is 10.00. The SMILES string of the molecule is Cc1cc(/C(O)=C2/C(=O)C(=O)N(C3CCCCC3)C2c2ccc(F)cc2)ccc1OCC(C)C. The molecule has 1 aliphatic heterocycles. The Hall–Kier alpha value is -3.15. The summed E-state index contributed by atoms with van der Waals surface area (Å²) in [6, 6.07) is 10.2. The fourth-order valence-electron chi connectivity index (χ4n) is 4.93. The number of amides is 1. The maximum atomic E-state index is 13.7. The predicted molar refractivity (Wildman–Crippen MR) is 129 cm³/mol. The summed E-state index contributed by atoms with van der Waals surface area (Å²) in [5.41, 5.74) is 1.94. The fraction of sp³-hybridized carbons (Fsp3) is 0.429. The largest absolute Gasteiger partial charge is 0.507 e. The smallest absolute Gasteiger partial charge is 0.295 e. The van der Waals surface area contributed by atoms with E-state index in [9.17, 15) is 19.1 Å². The molecule has 0 radical (unpaired) electrons. The number of ketones is 1. The van der Waals surface area contributed by atoms with Crippen LogP contribution in [0.25, 0.3) is 5.76 Å². The van der Waals surface area contributed by atoms with Crippen molar-refractivity contribution in [2.75, 3.05) is 6.61 Å². The molecule has 34 heavy (non-hydrogen) atoms. The molecule has 2 aromatic rings. The van der Waals surface area contributed by atoms with Crippen LogP contribution < -0.4 is 4.74 Å². The van der Waals surface area contributed by atoms with Gasteiger partial charge in [0.2, 0.25) is 0 Å². The van der Waals surface area contributed by atoms with Gasteiger partial charge in [0.15, 0.2) is 0 Å². The number of benzene rings is 2. The van der Waals surface area contributed by atoms with Gasteiger partial charge in [0.25, 0.3) is 11.7 Å². The van der Waals surface area contributed by atoms with Gasteiger partial charge in [-0.2, -0.15) is 0 Å². The molecule has 1 saturated carbocycles. The molecule has 6 heteroatoms. The summed E-state index contributed by atoms with van der Waals surface area (Å²) < 4.78 is 19.5. The van der Waals surface area contributed by atoms with E-state index in [2.05, 4.69) is 13.8 Å². The number of Topliss-reactive ketones (excluding diaryl/α,β-unsaturated/α-hetero) is 1. The molecule has 1 saturated heterocycles. The Balaban J connectivity index is 1.78. The number of aliphatic hydroxyl groups is 1. The molecule has 1 unspecified atom stereocenters. The first-order valence-corrected chi connectivity index (χ1v) is 12.1. The molecule has 180 valence electrons. The Labute approximate surface area is 200 Å². The third-order valence-electron chi connectivity index (χ3n) is 6.65. The van der Waals surface area contributed by atoms with Crippen LogP contribution in [0.5, 0.6) is 5.75 Å². The van der Waals surface area contributed by atoms with Crippen LogP contribution in [0.2, 0.25) is 0 Å². The Bertz CT molecular complexity index is 1100. The van der Waals surface area contributed by atoms with E-state index in [4.69, 9.17) is 4.74 Å². The van der Waals surface area contributed by atoms with E-state index in [0.717, 1.165) is 37.7 Å². The van der Waals surface area contributed by atoms with Crippen molar-refractivity contribution in [1.82, 2.24) is 4.90 Å². The average Bonchev–Trinajstić information content (AvgIpc) is 3.09. The third kappa shape index (κ3) is 4.72. The van der Waals surface area contributed by atoms with Gasteiger partial charge in [0, 0.05) is 11.6 Å². The van der Waals surface area contributed by atoms with Crippen molar-refractivity contribution in [3.8, 4) is 5.75 Å². The number of hydrogen-bond donors (Lipinski definition) is 1. The zero-order valence-corrected chi connectivity index (χ0v) is 20.0. The van der Waals surface area contributed by atoms with Gasteiger partial charge in [-0.25, -0.2) is 4.39 Å². The van der Waals surface area contributed by atoms with Crippen LogP contribution >= 0.6 is 0 Å². The Morgan fingerprint density at radius 3 is 2.38 bits per heavy atom. The first kappa shape index (κ1) is 24.0. The van der Waals surface area contributed by atoms with E-state index >= 15 is 0 Å². The highest BCUT2D eigenvalue weighted by Crippen LogP contribution is 2.43. The van der Waals surface area contributed by atoms with Gasteiger partial charge in [-0.3, -0.25) is 9.59 Å². The number of hydrogen-bond acceptors (Lipinski definition) is 4. The average molecular weight is 466 g/mol. The molecule has 2 aromatic carbocycles. The minimum atomic E-state index is -0.749. The van der Waals surface area contributed by atoms with Crippen molar-refractivity contribution >= 4 is 17.4 Å². The highest BCUT2D eigenvalue weighted by Gasteiger charge is 2.48. The van der Waals surface area contributed by atoms with E-state index in [1.54, 1.807) is 35.2 Å². The lowest BCUT2D eigenvalue weighted by Crippen LogP contribution is -2.40. The van der Waals surface area contributed by atoms with Gasteiger partial charge < -0.3 is 14.7 Å². The molecule has 0 aromatic heterocycles. The van der Waals surface area contributed by atoms with Gasteiger partial charge in [0.05, 0.1) is 18.2 Å². The number of nitrogens with zero attached hydrogens (tertiary/aromatic N) is 1. The highest BCUT2D eigenvalue weighted by atomic mass is 19.1. The van der Waals surface area contributed by atoms with Gasteiger partial charge in [-0.05, 0) is 67.1 Å². The number of halogens is 1. The standard InChI is InChI=1S/C28H32FNO4/c1-17(2)16-34-23-14-11-20(15-18(23)3)26(31)24-25(19-9-12-21(29)13-10-19)30(28(33)27(24)32)22-7-5-4-6-8-22/h9-15,17,22,25,31H,4-8,16H2,1-3H3/b26-24-. The molecule has 0 bridgehead atoms. The molecule has 1 atom stereocenters. The topological polar surface area (TPSA) is 66.8 Å². The molecular weight excluding hydrogens is 433 g/mol. The van der Waals surface area contributed by atoms with Crippen molar-refractivity contribution in [3.05, 3.63) is 70.5 Å². The second-order valence-electron chi connectivity index (χ2n) is 9.73. The van der Waals surface area contributed by atoms with Crippen LogP contribution in [0.4, 0.5) is 4.39 Å². The number of rotatable bonds is 6. The summed E-state index contributed by atoms with van der Waals surface area (Å²) >= 11 is 0. The summed E-state index contributed by atoms with van der Waals surface area (Å²) in [6.45, 7) is 6.58. The highest BCUT2D eigenvalue weighted by molar-refractivity contribution is 6.46. The van der Waals surface area contributed by atoms with Crippen LogP contribution in [0.3, 0.4) is 0 Å². The molecule has 5 nitrogen and oxygen atoms in total. The lowest BCUT2D eigenvalue weighted by molar-refractivity contribution is -0.141. The number of aliphatic hydroxyl groups excluding tert-OH is 1. The van der Waals surface area contributed by atoms with Crippen molar-refractivity contribution in [2.45, 2.75) is 65.0 Å². The van der Waals surface area contributed by atoms with E-state index in [1.165, 1.54) is 12.1 Å². The van der Waals surface area contributed by atoms with Crippen molar-refractivity contribution in [3.63, 3.8) is 0 Å². The summed E-state index contributed by atoms with van der Waals surface area (Å²) in [5, 5.41) is 11.3. The zero-order valence-electron chi connectivity index (χ0n) is 20.0. The number of carbonyl (C=O) groups excluding carboxylic acids is 2. The van der Waals surface area contributed by atoms with E-state index < -0.39 is 23.5 Å². The number of likely N-dealkylation sites (tertiary alicyclic amines) is 1. The van der Waals surface area contributed by atoms with Crippen LogP contribution in [0, 0.1) is 18.7 Å². The first-order chi connectivity index (χ1) is 16.3. The monoisotopic (exact) mass is 465 g/mol. The van der Waals surface area contributed by atoms with Crippen molar-refractivity contribution in [1.29, 1.82) is 0 Å². The summed E-state index contributed by atoms with van der Waals surface area (Å²) in [4.78, 5) is 28.1. The molecular formula is C28H32FNO4. The molecule has 1 amide bonds. The van der Waals surface area contributed by atoms with Gasteiger partial charge in [-0.15, -0.1) is 0 Å². The van der Waals surface area contributed by atoms with Crippen molar-refractivity contribution in [2.24, 2.45) is 5.92 Å². The fourth-order valence-corrected chi connectivity index (χ4v) is 4.93. The Morgan fingerprint density at radius 2 is 1.76 bits per heavy atom. The van der Waals surface area contributed by atoms with Gasteiger partial charge in [-0.1, -0.05) is 45.2 Å². The molecule has 0 spiro atoms. The lowest BCUT2D eigenvalue weighted by atomic mass is 9.91. The number of carbonyl (C=O) groups is 2. The number of aryl methyl sites for hydroxylation is 1. The minimum absolute atomic E-state index is 0.0532. The Kier molecular flexibility index (Phi) is 7.05. The molecule has 1 aliphatic carbocycles. The third-order valence-corrected chi connectivity index (χ3v) is 6.65. The maximum Gasteiger partial charge on any atom is 0.295 e. The quantitative estimate of drug-likeness (QED) is 0.327. The zero-order chi connectivity index (χ0) is 24.4. The molecule has 1 heterocycles. The van der Waals surface area contributed by atoms with Gasteiger partial charge in [0.1, 0.15) is 17.3 Å². The van der Waals surface area contributed by atoms with Crippen LogP contribution in [0.1, 0.15) is 68.7 Å². The lowest BCUT2D eigenvalue weighted by Gasteiger charge is -2.35. The molecule has 2 aliphatic rings. The Morgan fingerprint density at radius 1 is 1.09 bits per heavy atom. The minimum Gasteiger partial charge on any atom is -0.507 e. The van der Waals surface area contributed by atoms with Crippen LogP contribution in [0.15, 0.2) is 48.0 Å². The second-order valence-corrected chi connectivity index (χ2v) is 9.73.